The van der Waals surface area contributed by atoms with E-state index in [4.69, 9.17) is 4.79 Å². The highest BCUT2D eigenvalue weighted by atomic mass is 16.1. The van der Waals surface area contributed by atoms with Crippen molar-refractivity contribution in [2.75, 3.05) is 6.54 Å². The molecule has 0 aromatic carbocycles. The summed E-state index contributed by atoms with van der Waals surface area (Å²) in [5.74, 6) is 0. The third-order valence-corrected chi connectivity index (χ3v) is 1.72. The number of hydrogen-bond acceptors (Lipinski definition) is 2. The van der Waals surface area contributed by atoms with Gasteiger partial charge in [-0.1, -0.05) is 38.5 Å². The highest BCUT2D eigenvalue weighted by Gasteiger charge is 1.95. The van der Waals surface area contributed by atoms with Gasteiger partial charge in [-0.25, -0.2) is 9.79 Å². The first-order chi connectivity index (χ1) is 5.41. The number of aliphatic imine (C=N–C) groups is 1. The smallest absolute Gasteiger partial charge is 0.211 e. The molecule has 0 radical (unpaired) electrons. The molecule has 0 heterocycles. The van der Waals surface area contributed by atoms with Crippen LogP contribution >= 0.6 is 0 Å². The lowest BCUT2D eigenvalue weighted by molar-refractivity contribution is 0.504. The van der Waals surface area contributed by atoms with Crippen LogP contribution in [0.1, 0.15) is 45.4 Å². The van der Waals surface area contributed by atoms with E-state index in [0.29, 0.717) is 6.54 Å². The van der Waals surface area contributed by atoms with Crippen molar-refractivity contribution in [1.82, 2.24) is 0 Å². The minimum atomic E-state index is 0.545. The lowest BCUT2D eigenvalue weighted by Gasteiger charge is -2.05. The number of nitrogens with zero attached hydrogens (tertiary/aromatic N) is 1. The van der Waals surface area contributed by atoms with Gasteiger partial charge in [-0.3, -0.25) is 0 Å². The van der Waals surface area contributed by atoms with Crippen molar-refractivity contribution in [3.63, 3.8) is 0 Å². The first kappa shape index (κ1) is 10.4. The molecule has 0 spiro atoms. The number of carbonyl (C=O) groups excluding carboxylic acids is 1. The van der Waals surface area contributed by atoms with Crippen molar-refractivity contribution in [1.29, 1.82) is 0 Å². The van der Waals surface area contributed by atoms with Gasteiger partial charge in [-0.05, 0) is 6.92 Å². The van der Waals surface area contributed by atoms with E-state index in [1.54, 1.807) is 6.92 Å². The Kier molecular flexibility index (Phi) is 8.85. The average Bonchev–Trinajstić information content (AvgIpc) is 2.10. The van der Waals surface area contributed by atoms with E-state index in [0.717, 1.165) is 0 Å². The topological polar surface area (TPSA) is 29.4 Å². The number of hydrogen-bond donors (Lipinski definition) is 0. The monoisotopic (exact) mass is 155 g/mol. The van der Waals surface area contributed by atoms with E-state index in [1.165, 1.54) is 44.6 Å². The molecule has 1 aliphatic rings. The molecule has 0 saturated heterocycles. The van der Waals surface area contributed by atoms with Crippen LogP contribution in [0.3, 0.4) is 0 Å². The van der Waals surface area contributed by atoms with Gasteiger partial charge in [0.2, 0.25) is 6.08 Å². The first-order valence-corrected chi connectivity index (χ1v) is 4.45. The summed E-state index contributed by atoms with van der Waals surface area (Å²) in [6.45, 7) is 2.33. The fourth-order valence-corrected chi connectivity index (χ4v) is 1.13. The number of isocyanates is 1. The van der Waals surface area contributed by atoms with Crippen molar-refractivity contribution in [2.24, 2.45) is 4.99 Å². The summed E-state index contributed by atoms with van der Waals surface area (Å²) < 4.78 is 0. The maximum atomic E-state index is 9.11. The van der Waals surface area contributed by atoms with Gasteiger partial charge < -0.3 is 0 Å². The third-order valence-electron chi connectivity index (χ3n) is 1.72. The summed E-state index contributed by atoms with van der Waals surface area (Å²) in [6.07, 6.45) is 10.4. The molecule has 0 N–H and O–H groups in total. The van der Waals surface area contributed by atoms with Crippen molar-refractivity contribution >= 4 is 6.08 Å². The van der Waals surface area contributed by atoms with Gasteiger partial charge in [-0.2, -0.15) is 0 Å². The Morgan fingerprint density at radius 3 is 1.55 bits per heavy atom. The zero-order valence-corrected chi connectivity index (χ0v) is 7.31. The first-order valence-electron chi connectivity index (χ1n) is 4.45. The molecule has 1 fully saturated rings. The minimum Gasteiger partial charge on any atom is -0.211 e. The van der Waals surface area contributed by atoms with Crippen LogP contribution in [-0.4, -0.2) is 12.6 Å². The second-order valence-electron chi connectivity index (χ2n) is 2.69. The van der Waals surface area contributed by atoms with E-state index in [-0.39, 0.29) is 0 Å². The summed E-state index contributed by atoms with van der Waals surface area (Å²) in [7, 11) is 0. The molecular weight excluding hydrogens is 138 g/mol. The maximum absolute atomic E-state index is 9.11. The van der Waals surface area contributed by atoms with Crippen LogP contribution < -0.4 is 0 Å². The Bertz CT molecular complexity index is 101. The molecule has 0 unspecified atom stereocenters. The second-order valence-corrected chi connectivity index (χ2v) is 2.69. The van der Waals surface area contributed by atoms with Crippen LogP contribution in [0.2, 0.25) is 0 Å². The van der Waals surface area contributed by atoms with Gasteiger partial charge in [0.15, 0.2) is 0 Å². The molecule has 1 saturated carbocycles. The van der Waals surface area contributed by atoms with Gasteiger partial charge in [0.05, 0.1) is 0 Å². The van der Waals surface area contributed by atoms with Crippen LogP contribution in [0, 0.1) is 0 Å². The molecule has 1 rings (SSSR count). The van der Waals surface area contributed by atoms with Crippen LogP contribution in [0.4, 0.5) is 0 Å². The minimum absolute atomic E-state index is 0.545. The van der Waals surface area contributed by atoms with E-state index in [2.05, 4.69) is 4.99 Å². The summed E-state index contributed by atoms with van der Waals surface area (Å²) in [4.78, 5) is 12.3. The zero-order valence-electron chi connectivity index (χ0n) is 7.31. The van der Waals surface area contributed by atoms with Crippen LogP contribution in [0.5, 0.6) is 0 Å². The van der Waals surface area contributed by atoms with Crippen LogP contribution in [-0.2, 0) is 4.79 Å². The van der Waals surface area contributed by atoms with Gasteiger partial charge in [0.25, 0.3) is 0 Å². The van der Waals surface area contributed by atoms with Gasteiger partial charge in [0, 0.05) is 6.54 Å². The van der Waals surface area contributed by atoms with Gasteiger partial charge in [0.1, 0.15) is 0 Å². The standard InChI is InChI=1S/C6H12.C3H5NO/c1-2-4-6-5-3-1;1-2-4-3-5/h1-6H2;2H2,1H3. The Balaban J connectivity index is 0.000000187. The third kappa shape index (κ3) is 9.38. The predicted molar refractivity (Wildman–Crippen MR) is 46.4 cm³/mol. The Hall–Kier alpha value is -0.620. The lowest BCUT2D eigenvalue weighted by Crippen LogP contribution is -1.85. The van der Waals surface area contributed by atoms with E-state index >= 15 is 0 Å². The molecule has 0 bridgehead atoms. The number of rotatable bonds is 1. The molecule has 2 nitrogen and oxygen atoms in total. The largest absolute Gasteiger partial charge is 0.234 e. The fraction of sp³-hybridized carbons (Fsp3) is 0.889. The molecule has 2 heteroatoms. The molecule has 0 aromatic heterocycles. The Morgan fingerprint density at radius 1 is 1.09 bits per heavy atom. The molecule has 0 aliphatic heterocycles. The summed E-state index contributed by atoms with van der Waals surface area (Å²) in [5.41, 5.74) is 0. The highest BCUT2D eigenvalue weighted by molar-refractivity contribution is 5.32. The SMILES string of the molecule is C1CCCCC1.CCN=C=O. The van der Waals surface area contributed by atoms with Gasteiger partial charge in [-0.15, -0.1) is 0 Å². The molecule has 0 atom stereocenters. The zero-order chi connectivity index (χ0) is 8.36. The van der Waals surface area contributed by atoms with Crippen molar-refractivity contribution < 1.29 is 4.79 Å². The lowest BCUT2D eigenvalue weighted by atomic mass is 10.0. The van der Waals surface area contributed by atoms with Crippen molar-refractivity contribution in [2.45, 2.75) is 45.4 Å². The summed E-state index contributed by atoms with van der Waals surface area (Å²) >= 11 is 0. The van der Waals surface area contributed by atoms with Crippen LogP contribution in [0.15, 0.2) is 4.99 Å². The van der Waals surface area contributed by atoms with E-state index < -0.39 is 0 Å². The van der Waals surface area contributed by atoms with Gasteiger partial charge >= 0.3 is 0 Å². The predicted octanol–water partition coefficient (Wildman–Crippen LogP) is 2.68. The quantitative estimate of drug-likeness (QED) is 0.423. The summed E-state index contributed by atoms with van der Waals surface area (Å²) in [6, 6.07) is 0. The van der Waals surface area contributed by atoms with E-state index in [1.807, 2.05) is 0 Å². The second kappa shape index (κ2) is 9.38. The summed E-state index contributed by atoms with van der Waals surface area (Å²) in [5, 5.41) is 0. The molecule has 1 aliphatic carbocycles. The van der Waals surface area contributed by atoms with E-state index in [9.17, 15) is 0 Å². The normalized spacial score (nSPS) is 15.7. The average molecular weight is 155 g/mol. The Morgan fingerprint density at radius 2 is 1.45 bits per heavy atom. The Labute approximate surface area is 68.7 Å². The molecule has 0 amide bonds. The van der Waals surface area contributed by atoms with Crippen molar-refractivity contribution in [3.05, 3.63) is 0 Å². The van der Waals surface area contributed by atoms with Crippen LogP contribution in [0.25, 0.3) is 0 Å². The fourth-order valence-electron chi connectivity index (χ4n) is 1.13. The van der Waals surface area contributed by atoms with Crippen molar-refractivity contribution in [3.8, 4) is 0 Å². The molecule has 11 heavy (non-hydrogen) atoms. The molecular formula is C9H17NO. The maximum Gasteiger partial charge on any atom is 0.234 e. The molecule has 0 aromatic rings. The molecule has 64 valence electrons. The highest BCUT2D eigenvalue weighted by Crippen LogP contribution is 2.15.